The van der Waals surface area contributed by atoms with E-state index >= 15 is 0 Å². The zero-order valence-corrected chi connectivity index (χ0v) is 18.6. The number of amides is 1. The van der Waals surface area contributed by atoms with Crippen molar-refractivity contribution in [3.63, 3.8) is 0 Å². The Morgan fingerprint density at radius 1 is 1.17 bits per heavy atom. The van der Waals surface area contributed by atoms with Gasteiger partial charge in [0.05, 0.1) is 0 Å². The van der Waals surface area contributed by atoms with Crippen molar-refractivity contribution in [2.45, 2.75) is 56.4 Å². The maximum atomic E-state index is 12.4. The molecule has 1 aromatic carbocycles. The van der Waals surface area contributed by atoms with Crippen LogP contribution in [0.5, 0.6) is 0 Å². The molecule has 1 aliphatic heterocycles. The highest BCUT2D eigenvalue weighted by Gasteiger charge is 2.16. The molecule has 0 bridgehead atoms. The Morgan fingerprint density at radius 3 is 2.79 bits per heavy atom. The zero-order valence-electron chi connectivity index (χ0n) is 17.0. The number of carbonyl (C=O) groups excluding carboxylic acids is 1. The van der Waals surface area contributed by atoms with E-state index in [1.54, 1.807) is 11.8 Å². The van der Waals surface area contributed by atoms with Crippen LogP contribution in [0.25, 0.3) is 0 Å². The van der Waals surface area contributed by atoms with Crippen molar-refractivity contribution in [1.29, 1.82) is 0 Å². The summed E-state index contributed by atoms with van der Waals surface area (Å²) in [5, 5.41) is 4.16. The van der Waals surface area contributed by atoms with E-state index in [0.717, 1.165) is 43.9 Å². The molecule has 156 valence electrons. The lowest BCUT2D eigenvalue weighted by Gasteiger charge is -2.16. The quantitative estimate of drug-likeness (QED) is 0.238. The van der Waals surface area contributed by atoms with Crippen LogP contribution in [0.1, 0.15) is 61.4 Å². The van der Waals surface area contributed by atoms with Crippen molar-refractivity contribution >= 4 is 35.1 Å². The number of carbonyl (C=O) groups is 1. The van der Waals surface area contributed by atoms with Gasteiger partial charge in [0.25, 0.3) is 5.91 Å². The minimum atomic E-state index is -0.0105. The second kappa shape index (κ2) is 11.4. The van der Waals surface area contributed by atoms with Crippen LogP contribution < -0.4 is 10.2 Å². The average Bonchev–Trinajstić information content (AvgIpc) is 3.27. The highest BCUT2D eigenvalue weighted by Crippen LogP contribution is 2.26. The molecule has 0 atom stereocenters. The standard InChI is InChI=1S/C22H29ClN4OS/c1-2-3-4-5-11-24-21(28)18-10-8-9-17(14-18)16-29-22-25-19(23)15-20(26-22)27-12-6-7-13-27/h8-10,14-15H,2-7,11-13,16H2,1H3,(H,24,28). The molecule has 0 radical (unpaired) electrons. The highest BCUT2D eigenvalue weighted by atomic mass is 35.5. The van der Waals surface area contributed by atoms with Crippen molar-refractivity contribution in [2.24, 2.45) is 0 Å². The molecule has 1 N–H and O–H groups in total. The van der Waals surface area contributed by atoms with Gasteiger partial charge in [-0.25, -0.2) is 9.97 Å². The van der Waals surface area contributed by atoms with Gasteiger partial charge in [-0.2, -0.15) is 0 Å². The van der Waals surface area contributed by atoms with Gasteiger partial charge in [-0.3, -0.25) is 4.79 Å². The van der Waals surface area contributed by atoms with Crippen LogP contribution in [0.2, 0.25) is 5.15 Å². The molecular weight excluding hydrogens is 404 g/mol. The Balaban J connectivity index is 1.56. The first-order chi connectivity index (χ1) is 14.2. The van der Waals surface area contributed by atoms with E-state index in [1.165, 1.54) is 25.7 Å². The normalized spacial score (nSPS) is 13.7. The maximum Gasteiger partial charge on any atom is 0.251 e. The Morgan fingerprint density at radius 2 is 2.00 bits per heavy atom. The Labute approximate surface area is 182 Å². The molecule has 1 aliphatic rings. The van der Waals surface area contributed by atoms with Crippen molar-refractivity contribution < 1.29 is 4.79 Å². The topological polar surface area (TPSA) is 58.1 Å². The van der Waals surface area contributed by atoms with Crippen LogP contribution in [-0.4, -0.2) is 35.5 Å². The van der Waals surface area contributed by atoms with Gasteiger partial charge in [-0.1, -0.05) is 61.7 Å². The molecule has 0 unspecified atom stereocenters. The predicted molar refractivity (Wildman–Crippen MR) is 121 cm³/mol. The SMILES string of the molecule is CCCCCCNC(=O)c1cccc(CSc2nc(Cl)cc(N3CCCC3)n2)c1. The first-order valence-corrected chi connectivity index (χ1v) is 11.8. The van der Waals surface area contributed by atoms with Crippen molar-refractivity contribution in [1.82, 2.24) is 15.3 Å². The second-order valence-electron chi connectivity index (χ2n) is 7.33. The minimum Gasteiger partial charge on any atom is -0.356 e. The Bertz CT molecular complexity index is 811. The summed E-state index contributed by atoms with van der Waals surface area (Å²) < 4.78 is 0. The summed E-state index contributed by atoms with van der Waals surface area (Å²) in [6.45, 7) is 4.96. The van der Waals surface area contributed by atoms with Crippen molar-refractivity contribution in [3.8, 4) is 0 Å². The van der Waals surface area contributed by atoms with Gasteiger partial charge in [-0.15, -0.1) is 0 Å². The molecular formula is C22H29ClN4OS. The molecule has 5 nitrogen and oxygen atoms in total. The molecule has 3 rings (SSSR count). The maximum absolute atomic E-state index is 12.4. The second-order valence-corrected chi connectivity index (χ2v) is 8.66. The molecule has 1 aromatic heterocycles. The number of nitrogens with one attached hydrogen (secondary N) is 1. The smallest absolute Gasteiger partial charge is 0.251 e. The summed E-state index contributed by atoms with van der Waals surface area (Å²) in [5.41, 5.74) is 1.77. The predicted octanol–water partition coefficient (Wildman–Crippen LogP) is 5.33. The zero-order chi connectivity index (χ0) is 20.5. The van der Waals surface area contributed by atoms with Crippen LogP contribution in [0, 0.1) is 0 Å². The van der Waals surface area contributed by atoms with Gasteiger partial charge in [-0.05, 0) is 37.0 Å². The largest absolute Gasteiger partial charge is 0.356 e. The van der Waals surface area contributed by atoms with Gasteiger partial charge >= 0.3 is 0 Å². The van der Waals surface area contributed by atoms with Gasteiger partial charge in [0, 0.05) is 37.0 Å². The number of aromatic nitrogens is 2. The summed E-state index contributed by atoms with van der Waals surface area (Å²) in [5.74, 6) is 1.59. The number of hydrogen-bond acceptors (Lipinski definition) is 5. The third kappa shape index (κ3) is 6.89. The monoisotopic (exact) mass is 432 g/mol. The number of hydrogen-bond donors (Lipinski definition) is 1. The van der Waals surface area contributed by atoms with E-state index in [1.807, 2.05) is 30.3 Å². The van der Waals surface area contributed by atoms with E-state index in [-0.39, 0.29) is 5.91 Å². The number of anilines is 1. The van der Waals surface area contributed by atoms with Crippen LogP contribution in [0.4, 0.5) is 5.82 Å². The van der Waals surface area contributed by atoms with E-state index < -0.39 is 0 Å². The van der Waals surface area contributed by atoms with Crippen LogP contribution in [0.3, 0.4) is 0 Å². The Hall–Kier alpha value is -1.79. The van der Waals surface area contributed by atoms with Gasteiger partial charge in [0.15, 0.2) is 5.16 Å². The van der Waals surface area contributed by atoms with Gasteiger partial charge in [0.2, 0.25) is 0 Å². The number of unbranched alkanes of at least 4 members (excludes halogenated alkanes) is 3. The molecule has 1 saturated heterocycles. The molecule has 29 heavy (non-hydrogen) atoms. The lowest BCUT2D eigenvalue weighted by Crippen LogP contribution is -2.24. The van der Waals surface area contributed by atoms with Crippen LogP contribution >= 0.6 is 23.4 Å². The fraction of sp³-hybridized carbons (Fsp3) is 0.500. The number of thioether (sulfide) groups is 1. The third-order valence-corrected chi connectivity index (χ3v) is 6.08. The van der Waals surface area contributed by atoms with E-state index in [0.29, 0.717) is 21.6 Å². The van der Waals surface area contributed by atoms with E-state index in [4.69, 9.17) is 11.6 Å². The summed E-state index contributed by atoms with van der Waals surface area (Å²) in [4.78, 5) is 23.6. The first-order valence-electron chi connectivity index (χ1n) is 10.4. The van der Waals surface area contributed by atoms with Crippen LogP contribution in [-0.2, 0) is 5.75 Å². The summed E-state index contributed by atoms with van der Waals surface area (Å²) in [6.07, 6.45) is 6.99. The molecule has 1 amide bonds. The molecule has 0 saturated carbocycles. The number of nitrogens with zero attached hydrogens (tertiary/aromatic N) is 3. The molecule has 2 heterocycles. The van der Waals surface area contributed by atoms with E-state index in [9.17, 15) is 4.79 Å². The van der Waals surface area contributed by atoms with Crippen LogP contribution in [0.15, 0.2) is 35.5 Å². The highest BCUT2D eigenvalue weighted by molar-refractivity contribution is 7.98. The fourth-order valence-corrected chi connectivity index (χ4v) is 4.39. The lowest BCUT2D eigenvalue weighted by atomic mass is 10.1. The fourth-order valence-electron chi connectivity index (χ4n) is 3.36. The minimum absolute atomic E-state index is 0.0105. The summed E-state index contributed by atoms with van der Waals surface area (Å²) in [6, 6.07) is 9.59. The summed E-state index contributed by atoms with van der Waals surface area (Å²) in [7, 11) is 0. The van der Waals surface area contributed by atoms with Crippen molar-refractivity contribution in [2.75, 3.05) is 24.5 Å². The van der Waals surface area contributed by atoms with Gasteiger partial charge < -0.3 is 10.2 Å². The molecule has 7 heteroatoms. The lowest BCUT2D eigenvalue weighted by molar-refractivity contribution is 0.0953. The number of halogens is 1. The average molecular weight is 433 g/mol. The van der Waals surface area contributed by atoms with Crippen molar-refractivity contribution in [3.05, 3.63) is 46.6 Å². The Kier molecular flexibility index (Phi) is 8.62. The number of benzene rings is 1. The van der Waals surface area contributed by atoms with E-state index in [2.05, 4.69) is 27.1 Å². The molecule has 0 spiro atoms. The van der Waals surface area contributed by atoms with Gasteiger partial charge in [0.1, 0.15) is 11.0 Å². The molecule has 1 fully saturated rings. The third-order valence-electron chi connectivity index (χ3n) is 4.96. The first kappa shape index (κ1) is 21.9. The molecule has 2 aromatic rings. The molecule has 0 aliphatic carbocycles. The summed E-state index contributed by atoms with van der Waals surface area (Å²) >= 11 is 7.76. The number of rotatable bonds is 10.